The van der Waals surface area contributed by atoms with Crippen LogP contribution in [0.3, 0.4) is 0 Å². The van der Waals surface area contributed by atoms with Crippen LogP contribution in [0.25, 0.3) is 16.9 Å². The molecule has 0 radical (unpaired) electrons. The summed E-state index contributed by atoms with van der Waals surface area (Å²) in [5.41, 5.74) is 3.47. The fourth-order valence-electron chi connectivity index (χ4n) is 4.78. The van der Waals surface area contributed by atoms with Crippen LogP contribution in [0.4, 0.5) is 4.39 Å². The maximum absolute atomic E-state index is 13.2. The van der Waals surface area contributed by atoms with Gasteiger partial charge in [0.05, 0.1) is 12.6 Å². The molecular formula is C25H26FN3O5. The SMILES string of the molecule is COC(=O)C1(CN2CCC(Cc3ccc(F)cc3)CC2)C=C(n2c(=O)oc3ccccc32)NO1. The number of benzene rings is 2. The Bertz CT molecular complexity index is 1270. The highest BCUT2D eigenvalue weighted by molar-refractivity contribution is 5.86. The predicted molar refractivity (Wildman–Crippen MR) is 123 cm³/mol. The van der Waals surface area contributed by atoms with E-state index in [2.05, 4.69) is 10.4 Å². The number of likely N-dealkylation sites (tertiary alicyclic amines) is 1. The minimum absolute atomic E-state index is 0.227. The number of ether oxygens (including phenoxy) is 1. The van der Waals surface area contributed by atoms with Crippen molar-refractivity contribution in [3.05, 3.63) is 76.5 Å². The number of methoxy groups -OCH3 is 1. The maximum Gasteiger partial charge on any atom is 0.425 e. The van der Waals surface area contributed by atoms with Gasteiger partial charge in [0.1, 0.15) is 11.6 Å². The highest BCUT2D eigenvalue weighted by atomic mass is 19.1. The standard InChI is InChI=1S/C25H26FN3O5/c1-32-23(30)25(15-22(27-34-25)29-20-4-2-3-5-21(20)33-24(29)31)16-28-12-10-18(11-13-28)14-17-6-8-19(26)9-7-17/h2-9,15,18,27H,10-14,16H2,1H3. The molecule has 1 fully saturated rings. The third kappa shape index (κ3) is 4.24. The first kappa shape index (κ1) is 22.4. The largest absolute Gasteiger partial charge is 0.467 e. The second-order valence-corrected chi connectivity index (χ2v) is 8.84. The molecular weight excluding hydrogens is 441 g/mol. The third-order valence-corrected chi connectivity index (χ3v) is 6.57. The lowest BCUT2D eigenvalue weighted by atomic mass is 9.89. The van der Waals surface area contributed by atoms with Gasteiger partial charge in [0.2, 0.25) is 5.60 Å². The van der Waals surface area contributed by atoms with Gasteiger partial charge in [-0.25, -0.2) is 24.0 Å². The number of rotatable bonds is 6. The quantitative estimate of drug-likeness (QED) is 0.558. The molecule has 3 aromatic rings. The van der Waals surface area contributed by atoms with Crippen molar-refractivity contribution in [2.24, 2.45) is 5.92 Å². The zero-order chi connectivity index (χ0) is 23.7. The molecule has 1 atom stereocenters. The van der Waals surface area contributed by atoms with Crippen LogP contribution in [0.15, 0.2) is 63.8 Å². The number of aromatic nitrogens is 1. The van der Waals surface area contributed by atoms with E-state index in [-0.39, 0.29) is 12.4 Å². The van der Waals surface area contributed by atoms with E-state index in [0.29, 0.717) is 22.8 Å². The molecule has 3 heterocycles. The van der Waals surface area contributed by atoms with Gasteiger partial charge >= 0.3 is 11.7 Å². The molecule has 1 aromatic heterocycles. The van der Waals surface area contributed by atoms with Crippen molar-refractivity contribution in [3.63, 3.8) is 0 Å². The summed E-state index contributed by atoms with van der Waals surface area (Å²) in [6.45, 7) is 1.85. The molecule has 0 bridgehead atoms. The Morgan fingerprint density at radius 2 is 1.91 bits per heavy atom. The summed E-state index contributed by atoms with van der Waals surface area (Å²) in [5, 5.41) is 0. The van der Waals surface area contributed by atoms with Gasteiger partial charge in [0.15, 0.2) is 5.58 Å². The van der Waals surface area contributed by atoms with Crippen LogP contribution in [0.5, 0.6) is 0 Å². The molecule has 8 nitrogen and oxygen atoms in total. The first-order valence-electron chi connectivity index (χ1n) is 11.3. The van der Waals surface area contributed by atoms with Crippen molar-refractivity contribution in [2.75, 3.05) is 26.7 Å². The van der Waals surface area contributed by atoms with E-state index in [9.17, 15) is 14.0 Å². The lowest BCUT2D eigenvalue weighted by Gasteiger charge is -2.35. The number of hydrogen-bond donors (Lipinski definition) is 1. The molecule has 0 aliphatic carbocycles. The van der Waals surface area contributed by atoms with E-state index in [1.165, 1.54) is 23.8 Å². The summed E-state index contributed by atoms with van der Waals surface area (Å²) in [6, 6.07) is 13.7. The van der Waals surface area contributed by atoms with E-state index < -0.39 is 17.3 Å². The number of halogens is 1. The molecule has 2 aliphatic rings. The summed E-state index contributed by atoms with van der Waals surface area (Å²) in [5.74, 6) is -0.558. The molecule has 1 unspecified atom stereocenters. The fourth-order valence-corrected chi connectivity index (χ4v) is 4.78. The van der Waals surface area contributed by atoms with Gasteiger partial charge in [-0.3, -0.25) is 9.74 Å². The average molecular weight is 467 g/mol. The number of carbonyl (C=O) groups is 1. The smallest absolute Gasteiger partial charge is 0.425 e. The van der Waals surface area contributed by atoms with Gasteiger partial charge in [-0.05, 0) is 68.1 Å². The Morgan fingerprint density at radius 3 is 2.65 bits per heavy atom. The average Bonchev–Trinajstić information content (AvgIpc) is 3.42. The second-order valence-electron chi connectivity index (χ2n) is 8.84. The van der Waals surface area contributed by atoms with Gasteiger partial charge in [-0.1, -0.05) is 24.3 Å². The summed E-state index contributed by atoms with van der Waals surface area (Å²) in [4.78, 5) is 33.2. The van der Waals surface area contributed by atoms with Gasteiger partial charge in [0, 0.05) is 12.6 Å². The van der Waals surface area contributed by atoms with Gasteiger partial charge in [-0.15, -0.1) is 0 Å². The van der Waals surface area contributed by atoms with Crippen molar-refractivity contribution < 1.29 is 23.2 Å². The number of esters is 1. The van der Waals surface area contributed by atoms with E-state index >= 15 is 0 Å². The molecule has 0 spiro atoms. The number of piperidine rings is 1. The summed E-state index contributed by atoms with van der Waals surface area (Å²) in [7, 11) is 1.31. The number of nitrogens with zero attached hydrogens (tertiary/aromatic N) is 2. The first-order chi connectivity index (χ1) is 16.5. The Morgan fingerprint density at radius 1 is 1.18 bits per heavy atom. The molecule has 1 saturated heterocycles. The Kier molecular flexibility index (Phi) is 5.97. The third-order valence-electron chi connectivity index (χ3n) is 6.57. The summed E-state index contributed by atoms with van der Waals surface area (Å²) < 4.78 is 24.9. The van der Waals surface area contributed by atoms with Crippen LogP contribution in [-0.4, -0.2) is 47.8 Å². The highest BCUT2D eigenvalue weighted by Crippen LogP contribution is 2.29. The topological polar surface area (TPSA) is 85.9 Å². The van der Waals surface area contributed by atoms with E-state index in [0.717, 1.165) is 37.9 Å². The Labute approximate surface area is 195 Å². The lowest BCUT2D eigenvalue weighted by Crippen LogP contribution is -2.51. The molecule has 34 heavy (non-hydrogen) atoms. The second kappa shape index (κ2) is 9.08. The molecule has 2 aliphatic heterocycles. The van der Waals surface area contributed by atoms with Crippen molar-refractivity contribution in [1.82, 2.24) is 14.9 Å². The van der Waals surface area contributed by atoms with Gasteiger partial charge < -0.3 is 9.15 Å². The van der Waals surface area contributed by atoms with Crippen molar-refractivity contribution in [3.8, 4) is 0 Å². The van der Waals surface area contributed by atoms with Crippen LogP contribution in [-0.2, 0) is 20.8 Å². The van der Waals surface area contributed by atoms with Crippen LogP contribution in [0.1, 0.15) is 18.4 Å². The minimum atomic E-state index is -1.40. The number of fused-ring (bicyclic) bond motifs is 1. The number of nitrogens with one attached hydrogen (secondary N) is 1. The molecule has 0 amide bonds. The predicted octanol–water partition coefficient (Wildman–Crippen LogP) is 2.93. The molecule has 1 N–H and O–H groups in total. The molecule has 0 saturated carbocycles. The number of hydrogen-bond acceptors (Lipinski definition) is 7. The normalized spacial score (nSPS) is 21.4. The summed E-state index contributed by atoms with van der Waals surface area (Å²) >= 11 is 0. The van der Waals surface area contributed by atoms with Crippen LogP contribution in [0.2, 0.25) is 0 Å². The number of carbonyl (C=O) groups excluding carboxylic acids is 1. The lowest BCUT2D eigenvalue weighted by molar-refractivity contribution is -0.168. The zero-order valence-corrected chi connectivity index (χ0v) is 18.8. The summed E-state index contributed by atoms with van der Waals surface area (Å²) in [6.07, 6.45) is 4.39. The van der Waals surface area contributed by atoms with E-state index in [1.807, 2.05) is 12.1 Å². The van der Waals surface area contributed by atoms with Crippen LogP contribution < -0.4 is 11.2 Å². The number of para-hydroxylation sites is 2. The Hall–Kier alpha value is -3.43. The Balaban J connectivity index is 1.31. The maximum atomic E-state index is 13.2. The van der Waals surface area contributed by atoms with Crippen molar-refractivity contribution in [1.29, 1.82) is 0 Å². The molecule has 2 aromatic carbocycles. The zero-order valence-electron chi connectivity index (χ0n) is 18.8. The highest BCUT2D eigenvalue weighted by Gasteiger charge is 2.47. The monoisotopic (exact) mass is 467 g/mol. The minimum Gasteiger partial charge on any atom is -0.467 e. The van der Waals surface area contributed by atoms with Gasteiger partial charge in [-0.2, -0.15) is 0 Å². The number of oxazole rings is 1. The van der Waals surface area contributed by atoms with Crippen molar-refractivity contribution >= 4 is 22.9 Å². The first-order valence-corrected chi connectivity index (χ1v) is 11.3. The number of hydroxylamine groups is 1. The molecule has 178 valence electrons. The molecule has 5 rings (SSSR count). The fraction of sp³-hybridized carbons (Fsp3) is 0.360. The molecule has 9 heteroatoms. The van der Waals surface area contributed by atoms with E-state index in [4.69, 9.17) is 14.0 Å². The van der Waals surface area contributed by atoms with E-state index in [1.54, 1.807) is 30.3 Å². The van der Waals surface area contributed by atoms with Crippen LogP contribution >= 0.6 is 0 Å². The van der Waals surface area contributed by atoms with Gasteiger partial charge in [0.25, 0.3) is 0 Å². The van der Waals surface area contributed by atoms with Crippen LogP contribution in [0, 0.1) is 11.7 Å². The van der Waals surface area contributed by atoms with Crippen molar-refractivity contribution in [2.45, 2.75) is 24.9 Å².